The maximum atomic E-state index is 12.5. The highest BCUT2D eigenvalue weighted by molar-refractivity contribution is 6.08. The van der Waals surface area contributed by atoms with Gasteiger partial charge in [-0.15, -0.1) is 0 Å². The van der Waals surface area contributed by atoms with Crippen LogP contribution < -0.4 is 10.1 Å². The lowest BCUT2D eigenvalue weighted by atomic mass is 10.1. The molecule has 29 heavy (non-hydrogen) atoms. The average Bonchev–Trinajstić information content (AvgIpc) is 2.74. The van der Waals surface area contributed by atoms with E-state index in [1.165, 1.54) is 31.4 Å². The Balaban J connectivity index is 1.69. The summed E-state index contributed by atoms with van der Waals surface area (Å²) in [5, 5.41) is 13.4. The van der Waals surface area contributed by atoms with Gasteiger partial charge in [-0.25, -0.2) is 4.79 Å². The van der Waals surface area contributed by atoms with Crippen molar-refractivity contribution in [3.05, 3.63) is 94.0 Å². The maximum absolute atomic E-state index is 12.5. The summed E-state index contributed by atoms with van der Waals surface area (Å²) in [5.74, 6) is -0.0545. The van der Waals surface area contributed by atoms with Gasteiger partial charge >= 0.3 is 5.97 Å². The molecule has 0 heterocycles. The van der Waals surface area contributed by atoms with Crippen molar-refractivity contribution in [2.24, 2.45) is 0 Å². The number of non-ortho nitro benzene ring substituents is 1. The quantitative estimate of drug-likeness (QED) is 0.378. The van der Waals surface area contributed by atoms with Crippen LogP contribution in [0.15, 0.2) is 72.8 Å². The van der Waals surface area contributed by atoms with Gasteiger partial charge in [0.2, 0.25) is 0 Å². The molecule has 146 valence electrons. The van der Waals surface area contributed by atoms with Crippen LogP contribution in [0.3, 0.4) is 0 Å². The SMILES string of the molecule is COC(=O)c1ccccc1NC(=O)c1ccc(Oc2ccc([N+](=O)[O-])cc2)cc1. The van der Waals surface area contributed by atoms with Crippen molar-refractivity contribution in [2.75, 3.05) is 12.4 Å². The van der Waals surface area contributed by atoms with Crippen LogP contribution >= 0.6 is 0 Å². The van der Waals surface area contributed by atoms with E-state index in [0.29, 0.717) is 22.7 Å². The van der Waals surface area contributed by atoms with E-state index in [2.05, 4.69) is 5.32 Å². The van der Waals surface area contributed by atoms with Crippen LogP contribution in [0.5, 0.6) is 11.5 Å². The Bertz CT molecular complexity index is 1050. The van der Waals surface area contributed by atoms with Crippen molar-refractivity contribution in [3.63, 3.8) is 0 Å². The second kappa shape index (κ2) is 8.66. The van der Waals surface area contributed by atoms with E-state index in [1.807, 2.05) is 0 Å². The van der Waals surface area contributed by atoms with Gasteiger partial charge in [-0.05, 0) is 48.5 Å². The van der Waals surface area contributed by atoms with Gasteiger partial charge in [0.05, 0.1) is 23.3 Å². The molecule has 0 atom stereocenters. The van der Waals surface area contributed by atoms with Gasteiger partial charge in [0.15, 0.2) is 0 Å². The Hall–Kier alpha value is -4.20. The highest BCUT2D eigenvalue weighted by atomic mass is 16.6. The van der Waals surface area contributed by atoms with E-state index in [-0.39, 0.29) is 11.3 Å². The summed E-state index contributed by atoms with van der Waals surface area (Å²) < 4.78 is 10.3. The molecule has 1 N–H and O–H groups in total. The predicted molar refractivity (Wildman–Crippen MR) is 105 cm³/mol. The number of ether oxygens (including phenoxy) is 2. The fourth-order valence-corrected chi connectivity index (χ4v) is 2.52. The lowest BCUT2D eigenvalue weighted by Crippen LogP contribution is -2.15. The number of nitrogens with zero attached hydrogens (tertiary/aromatic N) is 1. The van der Waals surface area contributed by atoms with Crippen molar-refractivity contribution in [3.8, 4) is 11.5 Å². The molecule has 0 saturated heterocycles. The molecule has 0 radical (unpaired) electrons. The summed E-state index contributed by atoms with van der Waals surface area (Å²) in [7, 11) is 1.27. The number of hydrogen-bond donors (Lipinski definition) is 1. The number of esters is 1. The van der Waals surface area contributed by atoms with Gasteiger partial charge in [0.1, 0.15) is 11.5 Å². The molecule has 0 spiro atoms. The fourth-order valence-electron chi connectivity index (χ4n) is 2.52. The third-order valence-electron chi connectivity index (χ3n) is 3.98. The number of nitrogens with one attached hydrogen (secondary N) is 1. The van der Waals surface area contributed by atoms with Crippen LogP contribution in [0.1, 0.15) is 20.7 Å². The molecule has 0 aliphatic carbocycles. The summed E-state index contributed by atoms with van der Waals surface area (Å²) in [6.07, 6.45) is 0. The highest BCUT2D eigenvalue weighted by Gasteiger charge is 2.14. The number of hydrogen-bond acceptors (Lipinski definition) is 6. The number of para-hydroxylation sites is 1. The normalized spacial score (nSPS) is 10.1. The van der Waals surface area contributed by atoms with Crippen LogP contribution in [0.2, 0.25) is 0 Å². The number of rotatable bonds is 6. The van der Waals surface area contributed by atoms with Crippen molar-refractivity contribution < 1.29 is 24.0 Å². The first-order valence-electron chi connectivity index (χ1n) is 8.49. The van der Waals surface area contributed by atoms with Gasteiger partial charge in [0, 0.05) is 17.7 Å². The van der Waals surface area contributed by atoms with Crippen LogP contribution in [-0.2, 0) is 4.74 Å². The van der Waals surface area contributed by atoms with Crippen LogP contribution in [0, 0.1) is 10.1 Å². The van der Waals surface area contributed by atoms with Gasteiger partial charge < -0.3 is 14.8 Å². The molecule has 0 aliphatic rings. The number of nitro benzene ring substituents is 1. The minimum atomic E-state index is -0.548. The summed E-state index contributed by atoms with van der Waals surface area (Å²) in [6.45, 7) is 0. The maximum Gasteiger partial charge on any atom is 0.339 e. The molecule has 1 amide bonds. The number of anilines is 1. The van der Waals surface area contributed by atoms with E-state index < -0.39 is 16.8 Å². The predicted octanol–water partition coefficient (Wildman–Crippen LogP) is 4.43. The van der Waals surface area contributed by atoms with E-state index in [9.17, 15) is 19.7 Å². The molecule has 0 aromatic heterocycles. The van der Waals surface area contributed by atoms with Crippen molar-refractivity contribution >= 4 is 23.3 Å². The first kappa shape index (κ1) is 19.6. The zero-order valence-corrected chi connectivity index (χ0v) is 15.3. The molecule has 3 rings (SSSR count). The van der Waals surface area contributed by atoms with E-state index >= 15 is 0 Å². The van der Waals surface area contributed by atoms with E-state index in [1.54, 1.807) is 48.5 Å². The number of methoxy groups -OCH3 is 1. The summed E-state index contributed by atoms with van der Waals surface area (Å²) in [6, 6.07) is 18.5. The molecule has 0 fully saturated rings. The molecule has 0 unspecified atom stereocenters. The van der Waals surface area contributed by atoms with E-state index in [0.717, 1.165) is 0 Å². The Labute approximate surface area is 165 Å². The standard InChI is InChI=1S/C21H16N2O6/c1-28-21(25)18-4-2-3-5-19(18)22-20(24)14-6-10-16(11-7-14)29-17-12-8-15(9-13-17)23(26)27/h2-13H,1H3,(H,22,24). The Morgan fingerprint density at radius 1 is 0.897 bits per heavy atom. The smallest absolute Gasteiger partial charge is 0.339 e. The molecule has 3 aromatic rings. The summed E-state index contributed by atoms with van der Waals surface area (Å²) >= 11 is 0. The zero-order valence-electron chi connectivity index (χ0n) is 15.3. The third kappa shape index (κ3) is 4.75. The summed E-state index contributed by atoms with van der Waals surface area (Å²) in [4.78, 5) is 34.5. The van der Waals surface area contributed by atoms with Crippen LogP contribution in [0.25, 0.3) is 0 Å². The van der Waals surface area contributed by atoms with Crippen LogP contribution in [-0.4, -0.2) is 23.9 Å². The fraction of sp³-hybridized carbons (Fsp3) is 0.0476. The summed E-state index contributed by atoms with van der Waals surface area (Å²) in [5.41, 5.74) is 0.925. The minimum absolute atomic E-state index is 0.0309. The van der Waals surface area contributed by atoms with E-state index in [4.69, 9.17) is 9.47 Å². The first-order chi connectivity index (χ1) is 14.0. The minimum Gasteiger partial charge on any atom is -0.465 e. The van der Waals surface area contributed by atoms with Gasteiger partial charge in [-0.1, -0.05) is 12.1 Å². The number of carbonyl (C=O) groups is 2. The highest BCUT2D eigenvalue weighted by Crippen LogP contribution is 2.24. The molecular weight excluding hydrogens is 376 g/mol. The third-order valence-corrected chi connectivity index (χ3v) is 3.98. The molecular formula is C21H16N2O6. The van der Waals surface area contributed by atoms with Gasteiger partial charge in [-0.2, -0.15) is 0 Å². The Morgan fingerprint density at radius 3 is 2.07 bits per heavy atom. The molecule has 0 aliphatic heterocycles. The number of benzene rings is 3. The lowest BCUT2D eigenvalue weighted by molar-refractivity contribution is -0.384. The van der Waals surface area contributed by atoms with Gasteiger partial charge in [0.25, 0.3) is 11.6 Å². The van der Waals surface area contributed by atoms with Crippen molar-refractivity contribution in [1.29, 1.82) is 0 Å². The molecule has 0 saturated carbocycles. The second-order valence-electron chi connectivity index (χ2n) is 5.87. The molecule has 8 heteroatoms. The number of carbonyl (C=O) groups excluding carboxylic acids is 2. The molecule has 0 bridgehead atoms. The molecule has 8 nitrogen and oxygen atoms in total. The first-order valence-corrected chi connectivity index (χ1v) is 8.49. The van der Waals surface area contributed by atoms with Gasteiger partial charge in [-0.3, -0.25) is 14.9 Å². The Kier molecular flexibility index (Phi) is 5.84. The van der Waals surface area contributed by atoms with Crippen molar-refractivity contribution in [1.82, 2.24) is 0 Å². The number of nitro groups is 1. The number of amides is 1. The Morgan fingerprint density at radius 2 is 1.48 bits per heavy atom. The largest absolute Gasteiger partial charge is 0.465 e. The van der Waals surface area contributed by atoms with Crippen LogP contribution in [0.4, 0.5) is 11.4 Å². The van der Waals surface area contributed by atoms with Crippen molar-refractivity contribution in [2.45, 2.75) is 0 Å². The monoisotopic (exact) mass is 392 g/mol. The molecule has 3 aromatic carbocycles. The second-order valence-corrected chi connectivity index (χ2v) is 5.87. The average molecular weight is 392 g/mol. The zero-order chi connectivity index (χ0) is 20.8. The topological polar surface area (TPSA) is 108 Å². The lowest BCUT2D eigenvalue weighted by Gasteiger charge is -2.10.